The summed E-state index contributed by atoms with van der Waals surface area (Å²) in [4.78, 5) is 11.3. The van der Waals surface area contributed by atoms with Gasteiger partial charge in [0.05, 0.1) is 6.61 Å². The Balaban J connectivity index is 1.89. The Labute approximate surface area is 131 Å². The molecule has 1 aromatic heterocycles. The molecule has 0 fully saturated rings. The molecule has 0 radical (unpaired) electrons. The molecule has 1 aromatic carbocycles. The van der Waals surface area contributed by atoms with Gasteiger partial charge in [-0.3, -0.25) is 0 Å². The molecule has 0 amide bonds. The largest absolute Gasteiger partial charge is 0.395 e. The summed E-state index contributed by atoms with van der Waals surface area (Å²) in [5, 5.41) is 12.0. The third-order valence-corrected chi connectivity index (χ3v) is 4.04. The first-order valence-corrected chi connectivity index (χ1v) is 7.71. The van der Waals surface area contributed by atoms with E-state index in [-0.39, 0.29) is 6.61 Å². The van der Waals surface area contributed by atoms with Crippen molar-refractivity contribution in [1.29, 1.82) is 0 Å². The summed E-state index contributed by atoms with van der Waals surface area (Å²) in [6.07, 6.45) is 1.03. The Bertz CT molecular complexity index is 659. The second kappa shape index (κ2) is 6.32. The van der Waals surface area contributed by atoms with Gasteiger partial charge in [0.25, 0.3) is 0 Å². The summed E-state index contributed by atoms with van der Waals surface area (Å²) in [5.41, 5.74) is 3.72. The molecule has 0 spiro atoms. The fraction of sp³-hybridized carbons (Fsp3) is 0.412. The van der Waals surface area contributed by atoms with Crippen molar-refractivity contribution in [2.75, 3.05) is 23.4 Å². The van der Waals surface area contributed by atoms with Gasteiger partial charge in [0.1, 0.15) is 5.82 Å². The van der Waals surface area contributed by atoms with Crippen LogP contribution in [0.5, 0.6) is 0 Å². The Morgan fingerprint density at radius 2 is 2.05 bits per heavy atom. The second-order valence-corrected chi connectivity index (χ2v) is 5.79. The van der Waals surface area contributed by atoms with Crippen LogP contribution in [0.3, 0.4) is 0 Å². The molecule has 2 heterocycles. The molecule has 1 atom stereocenters. The zero-order chi connectivity index (χ0) is 15.5. The van der Waals surface area contributed by atoms with Crippen molar-refractivity contribution >= 4 is 11.8 Å². The van der Waals surface area contributed by atoms with Crippen LogP contribution in [-0.2, 0) is 13.0 Å². The Morgan fingerprint density at radius 1 is 1.27 bits per heavy atom. The fourth-order valence-corrected chi connectivity index (χ4v) is 2.93. The van der Waals surface area contributed by atoms with Crippen LogP contribution >= 0.6 is 0 Å². The van der Waals surface area contributed by atoms with E-state index in [4.69, 9.17) is 5.11 Å². The molecule has 0 saturated heterocycles. The summed E-state index contributed by atoms with van der Waals surface area (Å²) in [6.45, 7) is 5.60. The van der Waals surface area contributed by atoms with Gasteiger partial charge in [-0.1, -0.05) is 24.3 Å². The first-order chi connectivity index (χ1) is 10.7. The van der Waals surface area contributed by atoms with E-state index < -0.39 is 0 Å². The summed E-state index contributed by atoms with van der Waals surface area (Å²) in [5.74, 6) is 1.52. The topological polar surface area (TPSA) is 61.3 Å². The Morgan fingerprint density at radius 3 is 2.82 bits per heavy atom. The normalized spacial score (nSPS) is 17.2. The minimum absolute atomic E-state index is 0.0696. The average molecular weight is 298 g/mol. The molecule has 1 aliphatic heterocycles. The molecule has 0 bridgehead atoms. The van der Waals surface area contributed by atoms with E-state index in [9.17, 15) is 0 Å². The van der Waals surface area contributed by atoms with Gasteiger partial charge in [0, 0.05) is 30.9 Å². The van der Waals surface area contributed by atoms with E-state index in [0.717, 1.165) is 24.5 Å². The molecule has 0 unspecified atom stereocenters. The van der Waals surface area contributed by atoms with Crippen molar-refractivity contribution in [3.05, 3.63) is 47.2 Å². The third kappa shape index (κ3) is 3.04. The van der Waals surface area contributed by atoms with Crippen molar-refractivity contribution in [3.8, 4) is 0 Å². The first kappa shape index (κ1) is 14.8. The maximum Gasteiger partial charge on any atom is 0.224 e. The van der Waals surface area contributed by atoms with Crippen LogP contribution in [0.25, 0.3) is 0 Å². The molecule has 0 aliphatic carbocycles. The number of fused-ring (bicyclic) bond motifs is 1. The lowest BCUT2D eigenvalue weighted by Gasteiger charge is -2.36. The fourth-order valence-electron chi connectivity index (χ4n) is 2.93. The lowest BCUT2D eigenvalue weighted by molar-refractivity contribution is 0.311. The van der Waals surface area contributed by atoms with Crippen molar-refractivity contribution in [2.45, 2.75) is 32.9 Å². The number of benzene rings is 1. The number of hydrogen-bond donors (Lipinski definition) is 2. The quantitative estimate of drug-likeness (QED) is 0.905. The van der Waals surface area contributed by atoms with E-state index in [1.165, 1.54) is 11.1 Å². The molecule has 5 heteroatoms. The van der Waals surface area contributed by atoms with Crippen LogP contribution < -0.4 is 10.2 Å². The molecule has 2 aromatic rings. The minimum atomic E-state index is 0.0696. The number of rotatable bonds is 4. The maximum atomic E-state index is 8.94. The molecule has 2 N–H and O–H groups in total. The van der Waals surface area contributed by atoms with E-state index in [0.29, 0.717) is 18.5 Å². The second-order valence-electron chi connectivity index (χ2n) is 5.79. The van der Waals surface area contributed by atoms with Crippen LogP contribution in [-0.4, -0.2) is 34.3 Å². The molecular formula is C17H22N4O. The number of hydrogen-bond acceptors (Lipinski definition) is 5. The number of nitrogens with one attached hydrogen (secondary N) is 1. The molecule has 1 aliphatic rings. The lowest BCUT2D eigenvalue weighted by Crippen LogP contribution is -2.39. The summed E-state index contributed by atoms with van der Waals surface area (Å²) in [6, 6.07) is 11.0. The maximum absolute atomic E-state index is 8.94. The highest BCUT2D eigenvalue weighted by molar-refractivity contribution is 5.49. The predicted octanol–water partition coefficient (Wildman–Crippen LogP) is 2.14. The zero-order valence-electron chi connectivity index (χ0n) is 13.1. The highest BCUT2D eigenvalue weighted by Gasteiger charge is 2.24. The smallest absolute Gasteiger partial charge is 0.224 e. The van der Waals surface area contributed by atoms with E-state index >= 15 is 0 Å². The van der Waals surface area contributed by atoms with E-state index in [1.807, 2.05) is 13.0 Å². The van der Waals surface area contributed by atoms with Gasteiger partial charge in [-0.05, 0) is 31.4 Å². The standard InChI is InChI=1S/C17H22N4O/c1-12-9-16(20-17(19-12)18-7-8-22)21-11-15-6-4-3-5-14(15)10-13(21)2/h3-6,9,13,22H,7-8,10-11H2,1-2H3,(H,18,19,20)/t13-/m0/s1. The average Bonchev–Trinajstić information content (AvgIpc) is 2.51. The zero-order valence-corrected chi connectivity index (χ0v) is 13.1. The molecule has 3 rings (SSSR count). The number of nitrogens with zero attached hydrogens (tertiary/aromatic N) is 3. The SMILES string of the molecule is Cc1cc(N2Cc3ccccc3C[C@@H]2C)nc(NCCO)n1. The van der Waals surface area contributed by atoms with Gasteiger partial charge in [-0.15, -0.1) is 0 Å². The molecular weight excluding hydrogens is 276 g/mol. The number of aliphatic hydroxyl groups is 1. The van der Waals surface area contributed by atoms with Crippen molar-refractivity contribution in [1.82, 2.24) is 9.97 Å². The molecule has 5 nitrogen and oxygen atoms in total. The predicted molar refractivity (Wildman–Crippen MR) is 88.1 cm³/mol. The third-order valence-electron chi connectivity index (χ3n) is 4.04. The van der Waals surface area contributed by atoms with Gasteiger partial charge in [0.2, 0.25) is 5.95 Å². The monoisotopic (exact) mass is 298 g/mol. The molecule has 22 heavy (non-hydrogen) atoms. The first-order valence-electron chi connectivity index (χ1n) is 7.71. The van der Waals surface area contributed by atoms with Gasteiger partial charge >= 0.3 is 0 Å². The van der Waals surface area contributed by atoms with E-state index in [2.05, 4.69) is 51.4 Å². The summed E-state index contributed by atoms with van der Waals surface area (Å²) in [7, 11) is 0. The van der Waals surface area contributed by atoms with Crippen LogP contribution in [0.1, 0.15) is 23.7 Å². The van der Waals surface area contributed by atoms with Gasteiger partial charge < -0.3 is 15.3 Å². The highest BCUT2D eigenvalue weighted by Crippen LogP contribution is 2.28. The number of aliphatic hydroxyl groups excluding tert-OH is 1. The highest BCUT2D eigenvalue weighted by atomic mass is 16.3. The van der Waals surface area contributed by atoms with Crippen molar-refractivity contribution < 1.29 is 5.11 Å². The van der Waals surface area contributed by atoms with Crippen LogP contribution in [0, 0.1) is 6.92 Å². The van der Waals surface area contributed by atoms with Crippen molar-refractivity contribution in [2.24, 2.45) is 0 Å². The number of aromatic nitrogens is 2. The molecule has 0 saturated carbocycles. The van der Waals surface area contributed by atoms with Crippen LogP contribution in [0.15, 0.2) is 30.3 Å². The lowest BCUT2D eigenvalue weighted by atomic mass is 9.95. The van der Waals surface area contributed by atoms with Crippen LogP contribution in [0.2, 0.25) is 0 Å². The number of anilines is 2. The summed E-state index contributed by atoms with van der Waals surface area (Å²) < 4.78 is 0. The number of aryl methyl sites for hydroxylation is 1. The minimum Gasteiger partial charge on any atom is -0.395 e. The van der Waals surface area contributed by atoms with Crippen molar-refractivity contribution in [3.63, 3.8) is 0 Å². The van der Waals surface area contributed by atoms with E-state index in [1.54, 1.807) is 0 Å². The van der Waals surface area contributed by atoms with Crippen LogP contribution in [0.4, 0.5) is 11.8 Å². The Hall–Kier alpha value is -2.14. The van der Waals surface area contributed by atoms with Gasteiger partial charge in [-0.25, -0.2) is 4.98 Å². The Kier molecular flexibility index (Phi) is 4.24. The summed E-state index contributed by atoms with van der Waals surface area (Å²) >= 11 is 0. The molecule has 116 valence electrons. The van der Waals surface area contributed by atoms with Gasteiger partial charge in [-0.2, -0.15) is 4.98 Å². The van der Waals surface area contributed by atoms with Gasteiger partial charge in [0.15, 0.2) is 0 Å².